The van der Waals surface area contributed by atoms with Gasteiger partial charge in [0.2, 0.25) is 0 Å². The Morgan fingerprint density at radius 3 is 2.41 bits per heavy atom. The monoisotopic (exact) mass is 354 g/mol. The Morgan fingerprint density at radius 2 is 1.56 bits per heavy atom. The second-order valence-corrected chi connectivity index (χ2v) is 6.34. The van der Waals surface area contributed by atoms with Crippen LogP contribution in [0.25, 0.3) is 22.0 Å². The Balaban J connectivity index is 1.53. The van der Waals surface area contributed by atoms with Gasteiger partial charge in [-0.3, -0.25) is 9.59 Å². The summed E-state index contributed by atoms with van der Waals surface area (Å²) < 4.78 is 0. The number of hydrogen-bond acceptors (Lipinski definition) is 2. The lowest BCUT2D eigenvalue weighted by atomic mass is 10.0. The highest BCUT2D eigenvalue weighted by Gasteiger charge is 2.09. The predicted molar refractivity (Wildman–Crippen MR) is 108 cm³/mol. The van der Waals surface area contributed by atoms with Crippen molar-refractivity contribution < 1.29 is 4.79 Å². The zero-order valence-electron chi connectivity index (χ0n) is 14.6. The van der Waals surface area contributed by atoms with Crippen molar-refractivity contribution >= 4 is 16.8 Å². The number of para-hydroxylation sites is 1. The summed E-state index contributed by atoms with van der Waals surface area (Å²) in [5.41, 5.74) is 3.72. The van der Waals surface area contributed by atoms with Gasteiger partial charge in [0, 0.05) is 23.2 Å². The first-order valence-electron chi connectivity index (χ1n) is 8.75. The topological polar surface area (TPSA) is 62.0 Å². The lowest BCUT2D eigenvalue weighted by Gasteiger charge is -2.08. The Kier molecular flexibility index (Phi) is 4.54. The van der Waals surface area contributed by atoms with Crippen molar-refractivity contribution in [3.05, 3.63) is 106 Å². The predicted octanol–water partition coefficient (Wildman–Crippen LogP) is 4.13. The number of fused-ring (bicyclic) bond motifs is 1. The van der Waals surface area contributed by atoms with E-state index in [-0.39, 0.29) is 18.0 Å². The zero-order chi connectivity index (χ0) is 18.6. The molecule has 0 saturated heterocycles. The van der Waals surface area contributed by atoms with Gasteiger partial charge in [0.15, 0.2) is 0 Å². The number of carbonyl (C=O) groups excluding carboxylic acids is 1. The summed E-state index contributed by atoms with van der Waals surface area (Å²) in [7, 11) is 0. The molecule has 3 aromatic carbocycles. The summed E-state index contributed by atoms with van der Waals surface area (Å²) in [6.07, 6.45) is 0. The molecule has 0 saturated carbocycles. The molecule has 4 nitrogen and oxygen atoms in total. The van der Waals surface area contributed by atoms with E-state index in [4.69, 9.17) is 0 Å². The van der Waals surface area contributed by atoms with Gasteiger partial charge in [-0.05, 0) is 40.8 Å². The molecule has 4 aromatic rings. The van der Waals surface area contributed by atoms with Crippen LogP contribution in [0.5, 0.6) is 0 Å². The van der Waals surface area contributed by atoms with E-state index in [1.807, 2.05) is 78.9 Å². The van der Waals surface area contributed by atoms with Crippen molar-refractivity contribution in [2.45, 2.75) is 6.54 Å². The van der Waals surface area contributed by atoms with Gasteiger partial charge in [0.1, 0.15) is 0 Å². The summed E-state index contributed by atoms with van der Waals surface area (Å²) in [5, 5.41) is 3.78. The van der Waals surface area contributed by atoms with Crippen LogP contribution >= 0.6 is 0 Å². The van der Waals surface area contributed by atoms with Crippen LogP contribution in [0, 0.1) is 0 Å². The van der Waals surface area contributed by atoms with Crippen molar-refractivity contribution in [2.24, 2.45) is 0 Å². The van der Waals surface area contributed by atoms with Crippen molar-refractivity contribution in [1.82, 2.24) is 10.3 Å². The zero-order valence-corrected chi connectivity index (χ0v) is 14.6. The number of rotatable bonds is 4. The highest BCUT2D eigenvalue weighted by atomic mass is 16.1. The number of pyridine rings is 1. The number of benzene rings is 3. The quantitative estimate of drug-likeness (QED) is 0.579. The maximum atomic E-state index is 12.6. The molecular weight excluding hydrogens is 336 g/mol. The van der Waals surface area contributed by atoms with Crippen LogP contribution in [0.1, 0.15) is 15.9 Å². The Labute approximate surface area is 156 Å². The smallest absolute Gasteiger partial charge is 0.253 e. The molecule has 0 aliphatic heterocycles. The van der Waals surface area contributed by atoms with Crippen LogP contribution in [0.4, 0.5) is 0 Å². The standard InChI is InChI=1S/C23H18N2O2/c26-22(19-11-6-10-17(13-19)16-7-2-1-3-8-16)24-15-20-14-18-9-4-5-12-21(18)25-23(20)27/h1-14H,15H2,(H,24,26)(H,25,27). The molecule has 0 atom stereocenters. The van der Waals surface area contributed by atoms with Crippen molar-refractivity contribution in [3.8, 4) is 11.1 Å². The highest BCUT2D eigenvalue weighted by Crippen LogP contribution is 2.20. The molecule has 0 unspecified atom stereocenters. The van der Waals surface area contributed by atoms with Gasteiger partial charge in [0.25, 0.3) is 11.5 Å². The largest absolute Gasteiger partial charge is 0.348 e. The third-order valence-electron chi connectivity index (χ3n) is 4.50. The van der Waals surface area contributed by atoms with E-state index in [0.717, 1.165) is 22.0 Å². The van der Waals surface area contributed by atoms with E-state index in [2.05, 4.69) is 10.3 Å². The van der Waals surface area contributed by atoms with Gasteiger partial charge in [-0.25, -0.2) is 0 Å². The summed E-state index contributed by atoms with van der Waals surface area (Å²) in [5.74, 6) is -0.208. The molecule has 2 N–H and O–H groups in total. The molecule has 0 aliphatic carbocycles. The van der Waals surface area contributed by atoms with Gasteiger partial charge in [-0.1, -0.05) is 60.7 Å². The van der Waals surface area contributed by atoms with Crippen molar-refractivity contribution in [3.63, 3.8) is 0 Å². The molecule has 0 fully saturated rings. The molecule has 27 heavy (non-hydrogen) atoms. The fraction of sp³-hybridized carbons (Fsp3) is 0.0435. The van der Waals surface area contributed by atoms with Crippen LogP contribution in [0.3, 0.4) is 0 Å². The lowest BCUT2D eigenvalue weighted by molar-refractivity contribution is 0.0951. The molecule has 0 spiro atoms. The molecule has 132 valence electrons. The van der Waals surface area contributed by atoms with Gasteiger partial charge in [0.05, 0.1) is 0 Å². The second kappa shape index (κ2) is 7.30. The average molecular weight is 354 g/mol. The molecule has 4 heteroatoms. The molecule has 4 rings (SSSR count). The van der Waals surface area contributed by atoms with E-state index in [1.165, 1.54) is 0 Å². The molecule has 0 radical (unpaired) electrons. The van der Waals surface area contributed by atoms with Crippen molar-refractivity contribution in [1.29, 1.82) is 0 Å². The Bertz CT molecular complexity index is 1160. The minimum Gasteiger partial charge on any atom is -0.348 e. The Morgan fingerprint density at radius 1 is 0.815 bits per heavy atom. The SMILES string of the molecule is O=C(NCc1cc2ccccc2[nH]c1=O)c1cccc(-c2ccccc2)c1. The maximum absolute atomic E-state index is 12.6. The average Bonchev–Trinajstić information content (AvgIpc) is 2.72. The summed E-state index contributed by atoms with van der Waals surface area (Å²) in [6.45, 7) is 0.175. The highest BCUT2D eigenvalue weighted by molar-refractivity contribution is 5.95. The number of carbonyl (C=O) groups is 1. The summed E-state index contributed by atoms with van der Waals surface area (Å²) >= 11 is 0. The first kappa shape index (κ1) is 16.8. The fourth-order valence-corrected chi connectivity index (χ4v) is 3.07. The number of H-pyrrole nitrogens is 1. The van der Waals surface area contributed by atoms with E-state index in [0.29, 0.717) is 11.1 Å². The molecule has 0 aliphatic rings. The Hall–Kier alpha value is -3.66. The van der Waals surface area contributed by atoms with Gasteiger partial charge < -0.3 is 10.3 Å². The molecular formula is C23H18N2O2. The number of nitrogens with one attached hydrogen (secondary N) is 2. The minimum absolute atomic E-state index is 0.175. The van der Waals surface area contributed by atoms with Crippen LogP contribution in [-0.2, 0) is 6.54 Å². The van der Waals surface area contributed by atoms with Crippen LogP contribution < -0.4 is 10.9 Å². The maximum Gasteiger partial charge on any atom is 0.253 e. The third-order valence-corrected chi connectivity index (χ3v) is 4.50. The third kappa shape index (κ3) is 3.65. The van der Waals surface area contributed by atoms with E-state index in [1.54, 1.807) is 6.07 Å². The molecule has 1 amide bonds. The fourth-order valence-electron chi connectivity index (χ4n) is 3.07. The lowest BCUT2D eigenvalue weighted by Crippen LogP contribution is -2.26. The van der Waals surface area contributed by atoms with E-state index >= 15 is 0 Å². The van der Waals surface area contributed by atoms with Crippen LogP contribution in [0.15, 0.2) is 89.7 Å². The van der Waals surface area contributed by atoms with Crippen LogP contribution in [-0.4, -0.2) is 10.9 Å². The number of aromatic amines is 1. The van der Waals surface area contributed by atoms with Gasteiger partial charge >= 0.3 is 0 Å². The number of amides is 1. The first-order chi connectivity index (χ1) is 13.2. The first-order valence-corrected chi connectivity index (χ1v) is 8.75. The van der Waals surface area contributed by atoms with Gasteiger partial charge in [-0.2, -0.15) is 0 Å². The van der Waals surface area contributed by atoms with Gasteiger partial charge in [-0.15, -0.1) is 0 Å². The minimum atomic E-state index is -0.208. The van der Waals surface area contributed by atoms with Crippen LogP contribution in [0.2, 0.25) is 0 Å². The summed E-state index contributed by atoms with van der Waals surface area (Å²) in [6, 6.07) is 26.8. The molecule has 1 heterocycles. The normalized spacial score (nSPS) is 10.7. The second-order valence-electron chi connectivity index (χ2n) is 6.34. The van der Waals surface area contributed by atoms with Crippen molar-refractivity contribution in [2.75, 3.05) is 0 Å². The number of aromatic nitrogens is 1. The molecule has 1 aromatic heterocycles. The molecule has 0 bridgehead atoms. The number of hydrogen-bond donors (Lipinski definition) is 2. The van der Waals surface area contributed by atoms with E-state index < -0.39 is 0 Å². The van der Waals surface area contributed by atoms with E-state index in [9.17, 15) is 9.59 Å². The summed E-state index contributed by atoms with van der Waals surface area (Å²) in [4.78, 5) is 27.6.